The van der Waals surface area contributed by atoms with Gasteiger partial charge in [-0.3, -0.25) is 0 Å². The maximum atomic E-state index is 8.80. The Bertz CT molecular complexity index is 98.5. The van der Waals surface area contributed by atoms with Crippen LogP contribution in [0.5, 0.6) is 0 Å². The summed E-state index contributed by atoms with van der Waals surface area (Å²) >= 11 is 0. The number of aliphatic hydroxyl groups excluding tert-OH is 1. The number of hydrogen-bond acceptors (Lipinski definition) is 3. The molecule has 74 valence electrons. The number of hydrogen-bond donors (Lipinski definition) is 1. The van der Waals surface area contributed by atoms with E-state index in [4.69, 9.17) is 9.84 Å². The summed E-state index contributed by atoms with van der Waals surface area (Å²) in [7, 11) is 3.79. The molecule has 0 aliphatic heterocycles. The molecule has 3 nitrogen and oxygen atoms in total. The average molecular weight is 175 g/mol. The van der Waals surface area contributed by atoms with Crippen LogP contribution in [0, 0.1) is 5.92 Å². The van der Waals surface area contributed by atoms with Gasteiger partial charge in [0.25, 0.3) is 0 Å². The van der Waals surface area contributed by atoms with Crippen LogP contribution in [0.25, 0.3) is 0 Å². The van der Waals surface area contributed by atoms with Crippen molar-refractivity contribution in [2.24, 2.45) is 5.92 Å². The fraction of sp³-hybridized carbons (Fsp3) is 1.00. The van der Waals surface area contributed by atoms with Gasteiger partial charge in [-0.15, -0.1) is 0 Å². The van der Waals surface area contributed by atoms with E-state index in [0.717, 1.165) is 26.1 Å². The lowest BCUT2D eigenvalue weighted by Gasteiger charge is -2.19. The van der Waals surface area contributed by atoms with Gasteiger partial charge in [-0.1, -0.05) is 6.92 Å². The average Bonchev–Trinajstić information content (AvgIpc) is 2.05. The molecule has 0 saturated heterocycles. The van der Waals surface area contributed by atoms with Gasteiger partial charge in [0.2, 0.25) is 0 Å². The van der Waals surface area contributed by atoms with E-state index in [1.54, 1.807) is 7.11 Å². The fourth-order valence-electron chi connectivity index (χ4n) is 1.16. The molecule has 0 saturated carbocycles. The molecule has 0 aliphatic carbocycles. The summed E-state index contributed by atoms with van der Waals surface area (Å²) in [6.45, 7) is 5.14. The Hall–Kier alpha value is -0.120. The zero-order chi connectivity index (χ0) is 9.40. The van der Waals surface area contributed by atoms with Crippen molar-refractivity contribution in [2.45, 2.75) is 13.3 Å². The first-order chi connectivity index (χ1) is 5.70. The Kier molecular flexibility index (Phi) is 7.45. The van der Waals surface area contributed by atoms with Crippen LogP contribution < -0.4 is 0 Å². The van der Waals surface area contributed by atoms with E-state index in [-0.39, 0.29) is 6.61 Å². The number of ether oxygens (including phenoxy) is 1. The van der Waals surface area contributed by atoms with Crippen molar-refractivity contribution in [3.05, 3.63) is 0 Å². The SMILES string of the molecule is COCCCN(C)CC(C)CO. The Morgan fingerprint density at radius 1 is 1.50 bits per heavy atom. The first-order valence-corrected chi connectivity index (χ1v) is 4.49. The highest BCUT2D eigenvalue weighted by atomic mass is 16.5. The molecule has 0 bridgehead atoms. The quantitative estimate of drug-likeness (QED) is 0.575. The van der Waals surface area contributed by atoms with Crippen molar-refractivity contribution in [1.29, 1.82) is 0 Å². The third kappa shape index (κ3) is 6.58. The highest BCUT2D eigenvalue weighted by molar-refractivity contribution is 4.57. The number of methoxy groups -OCH3 is 1. The van der Waals surface area contributed by atoms with Crippen molar-refractivity contribution in [3.63, 3.8) is 0 Å². The van der Waals surface area contributed by atoms with Gasteiger partial charge >= 0.3 is 0 Å². The van der Waals surface area contributed by atoms with Gasteiger partial charge in [-0.2, -0.15) is 0 Å². The molecule has 3 heteroatoms. The first kappa shape index (κ1) is 11.9. The first-order valence-electron chi connectivity index (χ1n) is 4.49. The second-order valence-corrected chi connectivity index (χ2v) is 3.40. The molecule has 0 aromatic carbocycles. The lowest BCUT2D eigenvalue weighted by Crippen LogP contribution is -2.27. The van der Waals surface area contributed by atoms with Gasteiger partial charge in [0.1, 0.15) is 0 Å². The van der Waals surface area contributed by atoms with Crippen molar-refractivity contribution in [1.82, 2.24) is 4.90 Å². The van der Waals surface area contributed by atoms with Gasteiger partial charge in [0, 0.05) is 33.4 Å². The molecule has 1 unspecified atom stereocenters. The van der Waals surface area contributed by atoms with Gasteiger partial charge in [-0.25, -0.2) is 0 Å². The van der Waals surface area contributed by atoms with E-state index in [1.807, 2.05) is 6.92 Å². The third-order valence-corrected chi connectivity index (χ3v) is 1.82. The Morgan fingerprint density at radius 3 is 2.67 bits per heavy atom. The summed E-state index contributed by atoms with van der Waals surface area (Å²) in [6.07, 6.45) is 1.06. The largest absolute Gasteiger partial charge is 0.396 e. The van der Waals surface area contributed by atoms with Gasteiger partial charge in [0.05, 0.1) is 0 Å². The van der Waals surface area contributed by atoms with Gasteiger partial charge in [-0.05, 0) is 19.4 Å². The summed E-state index contributed by atoms with van der Waals surface area (Å²) in [5.41, 5.74) is 0. The predicted octanol–water partition coefficient (Wildman–Crippen LogP) is 0.583. The van der Waals surface area contributed by atoms with Crippen LogP contribution in [0.1, 0.15) is 13.3 Å². The topological polar surface area (TPSA) is 32.7 Å². The zero-order valence-electron chi connectivity index (χ0n) is 8.42. The van der Waals surface area contributed by atoms with Crippen molar-refractivity contribution in [2.75, 3.05) is 40.5 Å². The lowest BCUT2D eigenvalue weighted by molar-refractivity contribution is 0.161. The molecule has 1 atom stereocenters. The highest BCUT2D eigenvalue weighted by Crippen LogP contribution is 1.97. The number of aliphatic hydroxyl groups is 1. The zero-order valence-corrected chi connectivity index (χ0v) is 8.42. The molecular formula is C9H21NO2. The van der Waals surface area contributed by atoms with Crippen LogP contribution in [0.2, 0.25) is 0 Å². The molecule has 0 aliphatic rings. The van der Waals surface area contributed by atoms with Crippen molar-refractivity contribution in [3.8, 4) is 0 Å². The maximum Gasteiger partial charge on any atom is 0.0474 e. The summed E-state index contributed by atoms with van der Waals surface area (Å²) in [5.74, 6) is 0.373. The molecule has 0 fully saturated rings. The van der Waals surface area contributed by atoms with E-state index < -0.39 is 0 Å². The number of nitrogens with zero attached hydrogens (tertiary/aromatic N) is 1. The van der Waals surface area contributed by atoms with Crippen LogP contribution >= 0.6 is 0 Å². The minimum Gasteiger partial charge on any atom is -0.396 e. The van der Waals surface area contributed by atoms with Crippen LogP contribution in [0.15, 0.2) is 0 Å². The second-order valence-electron chi connectivity index (χ2n) is 3.40. The minimum atomic E-state index is 0.272. The number of rotatable bonds is 7. The van der Waals surface area contributed by atoms with Crippen LogP contribution in [-0.4, -0.2) is 50.5 Å². The minimum absolute atomic E-state index is 0.272. The van der Waals surface area contributed by atoms with E-state index in [1.165, 1.54) is 0 Å². The summed E-state index contributed by atoms with van der Waals surface area (Å²) < 4.78 is 4.95. The van der Waals surface area contributed by atoms with Crippen LogP contribution in [-0.2, 0) is 4.74 Å². The van der Waals surface area contributed by atoms with Crippen molar-refractivity contribution >= 4 is 0 Å². The molecule has 0 aromatic rings. The molecule has 0 rings (SSSR count). The van der Waals surface area contributed by atoms with E-state index in [0.29, 0.717) is 5.92 Å². The fourth-order valence-corrected chi connectivity index (χ4v) is 1.16. The third-order valence-electron chi connectivity index (χ3n) is 1.82. The standard InChI is InChI=1S/C9H21NO2/c1-9(8-11)7-10(2)5-4-6-12-3/h9,11H,4-8H2,1-3H3. The predicted molar refractivity (Wildman–Crippen MR) is 50.2 cm³/mol. The van der Waals surface area contributed by atoms with E-state index in [2.05, 4.69) is 11.9 Å². The summed E-state index contributed by atoms with van der Waals surface area (Å²) in [5, 5.41) is 8.80. The smallest absolute Gasteiger partial charge is 0.0474 e. The molecule has 0 amide bonds. The van der Waals surface area contributed by atoms with Gasteiger partial charge in [0.15, 0.2) is 0 Å². The van der Waals surface area contributed by atoms with Gasteiger partial charge < -0.3 is 14.7 Å². The molecule has 0 spiro atoms. The van der Waals surface area contributed by atoms with Crippen LogP contribution in [0.3, 0.4) is 0 Å². The summed E-state index contributed by atoms with van der Waals surface area (Å²) in [6, 6.07) is 0. The second kappa shape index (κ2) is 7.53. The normalized spacial score (nSPS) is 13.8. The molecule has 1 N–H and O–H groups in total. The molecule has 0 aromatic heterocycles. The lowest BCUT2D eigenvalue weighted by atomic mass is 10.2. The summed E-state index contributed by atoms with van der Waals surface area (Å²) in [4.78, 5) is 2.22. The molecule has 0 heterocycles. The Balaban J connectivity index is 3.26. The maximum absolute atomic E-state index is 8.80. The highest BCUT2D eigenvalue weighted by Gasteiger charge is 2.03. The van der Waals surface area contributed by atoms with Crippen molar-refractivity contribution < 1.29 is 9.84 Å². The van der Waals surface area contributed by atoms with Crippen LogP contribution in [0.4, 0.5) is 0 Å². The Labute approximate surface area is 75.3 Å². The molecular weight excluding hydrogens is 154 g/mol. The molecule has 0 radical (unpaired) electrons. The Morgan fingerprint density at radius 2 is 2.17 bits per heavy atom. The van der Waals surface area contributed by atoms with E-state index >= 15 is 0 Å². The molecule has 12 heavy (non-hydrogen) atoms. The van der Waals surface area contributed by atoms with E-state index in [9.17, 15) is 0 Å². The monoisotopic (exact) mass is 175 g/mol.